The fourth-order valence-corrected chi connectivity index (χ4v) is 6.43. The number of cyclic esters (lactones) is 1. The van der Waals surface area contributed by atoms with Gasteiger partial charge in [-0.1, -0.05) is 29.8 Å². The number of benzene rings is 2. The van der Waals surface area contributed by atoms with E-state index in [0.29, 0.717) is 21.4 Å². The van der Waals surface area contributed by atoms with Crippen LogP contribution in [0.4, 0.5) is 14.9 Å². The number of rotatable bonds is 7. The lowest BCUT2D eigenvalue weighted by molar-refractivity contribution is -0.131. The third-order valence-corrected chi connectivity index (χ3v) is 8.43. The highest BCUT2D eigenvalue weighted by Crippen LogP contribution is 2.32. The summed E-state index contributed by atoms with van der Waals surface area (Å²) in [7, 11) is -4.21. The van der Waals surface area contributed by atoms with Crippen molar-refractivity contribution < 1.29 is 27.1 Å². The Bertz CT molecular complexity index is 1320. The van der Waals surface area contributed by atoms with E-state index in [2.05, 4.69) is 9.62 Å². The first-order chi connectivity index (χ1) is 17.7. The lowest BCUT2D eigenvalue weighted by atomic mass is 10.1. The van der Waals surface area contributed by atoms with Crippen molar-refractivity contribution in [2.75, 3.05) is 31.0 Å². The second-order valence-corrected chi connectivity index (χ2v) is 11.3. The molecule has 3 aliphatic heterocycles. The molecule has 12 heteroatoms. The molecule has 0 aliphatic carbocycles. The largest absolute Gasteiger partial charge is 0.447 e. The molecule has 0 radical (unpaired) electrons. The summed E-state index contributed by atoms with van der Waals surface area (Å²) < 4.78 is 46.3. The standard InChI is InChI=1S/C25H26ClFN4O5S/c26-19-5-3-18(23(13-19)28-37(34,35)30-11-12-36-25(30)33)4-10-24(32)31-21-8-9-22(31)16-29(15-21)14-17-1-6-20(27)7-2-17/h1-7,10,13,21-22,28H,8-9,11-12,14-16H2. The summed E-state index contributed by atoms with van der Waals surface area (Å²) in [6.45, 7) is 2.05. The highest BCUT2D eigenvalue weighted by Gasteiger charge is 2.41. The molecule has 2 bridgehead atoms. The Balaban J connectivity index is 1.27. The van der Waals surface area contributed by atoms with Crippen LogP contribution in [0, 0.1) is 5.82 Å². The molecule has 2 atom stereocenters. The number of nitrogens with zero attached hydrogens (tertiary/aromatic N) is 3. The number of hydrogen-bond acceptors (Lipinski definition) is 6. The Morgan fingerprint density at radius 3 is 2.49 bits per heavy atom. The Kier molecular flexibility index (Phi) is 7.11. The van der Waals surface area contributed by atoms with Gasteiger partial charge in [0.1, 0.15) is 12.4 Å². The van der Waals surface area contributed by atoms with E-state index >= 15 is 0 Å². The SMILES string of the molecule is O=C(C=Cc1ccc(Cl)cc1NS(=O)(=O)N1CCOC1=O)N1C2CCC1CN(Cc1ccc(F)cc1)C2. The van der Waals surface area contributed by atoms with E-state index in [1.165, 1.54) is 24.3 Å². The number of anilines is 1. The minimum Gasteiger partial charge on any atom is -0.447 e. The van der Waals surface area contributed by atoms with Crippen LogP contribution in [-0.4, -0.2) is 72.8 Å². The molecule has 0 saturated carbocycles. The molecule has 3 heterocycles. The molecule has 0 aromatic heterocycles. The van der Waals surface area contributed by atoms with E-state index in [9.17, 15) is 22.4 Å². The number of fused-ring (bicyclic) bond motifs is 2. The summed E-state index contributed by atoms with van der Waals surface area (Å²) in [6, 6.07) is 11.2. The highest BCUT2D eigenvalue weighted by atomic mass is 35.5. The fraction of sp³-hybridized carbons (Fsp3) is 0.360. The summed E-state index contributed by atoms with van der Waals surface area (Å²) >= 11 is 6.08. The third-order valence-electron chi connectivity index (χ3n) is 6.81. The zero-order valence-electron chi connectivity index (χ0n) is 19.8. The fourth-order valence-electron chi connectivity index (χ4n) is 5.13. The van der Waals surface area contributed by atoms with Crippen molar-refractivity contribution in [1.82, 2.24) is 14.1 Å². The molecular formula is C25H26ClFN4O5S. The summed E-state index contributed by atoms with van der Waals surface area (Å²) in [5, 5.41) is 0.292. The number of halogens is 2. The molecule has 5 rings (SSSR count). The maximum absolute atomic E-state index is 13.2. The van der Waals surface area contributed by atoms with Crippen molar-refractivity contribution in [3.05, 3.63) is 70.5 Å². The van der Waals surface area contributed by atoms with Gasteiger partial charge in [0, 0.05) is 42.8 Å². The smallest absolute Gasteiger partial charge is 0.425 e. The number of amides is 2. The summed E-state index contributed by atoms with van der Waals surface area (Å²) in [4.78, 5) is 29.1. The zero-order valence-corrected chi connectivity index (χ0v) is 21.4. The molecule has 2 aromatic carbocycles. The minimum absolute atomic E-state index is 0.0178. The van der Waals surface area contributed by atoms with Gasteiger partial charge in [0.15, 0.2) is 0 Å². The van der Waals surface area contributed by atoms with Crippen LogP contribution in [0.1, 0.15) is 24.0 Å². The Labute approximate surface area is 219 Å². The van der Waals surface area contributed by atoms with E-state index in [4.69, 9.17) is 16.3 Å². The minimum atomic E-state index is -4.21. The van der Waals surface area contributed by atoms with Crippen molar-refractivity contribution >= 4 is 45.6 Å². The van der Waals surface area contributed by atoms with Crippen LogP contribution >= 0.6 is 11.6 Å². The summed E-state index contributed by atoms with van der Waals surface area (Å²) in [5.41, 5.74) is 1.60. The predicted octanol–water partition coefficient (Wildman–Crippen LogP) is 3.48. The van der Waals surface area contributed by atoms with Gasteiger partial charge in [-0.2, -0.15) is 12.7 Å². The number of hydrogen-bond donors (Lipinski definition) is 1. The maximum atomic E-state index is 13.2. The van der Waals surface area contributed by atoms with Crippen LogP contribution < -0.4 is 4.72 Å². The van der Waals surface area contributed by atoms with E-state index in [1.54, 1.807) is 30.3 Å². The predicted molar refractivity (Wildman–Crippen MR) is 136 cm³/mol. The van der Waals surface area contributed by atoms with Crippen molar-refractivity contribution in [3.63, 3.8) is 0 Å². The molecular weight excluding hydrogens is 523 g/mol. The quantitative estimate of drug-likeness (QED) is 0.532. The third kappa shape index (κ3) is 5.58. The van der Waals surface area contributed by atoms with E-state index in [0.717, 1.165) is 31.5 Å². The van der Waals surface area contributed by atoms with E-state index in [1.807, 2.05) is 4.90 Å². The van der Waals surface area contributed by atoms with Crippen LogP contribution in [0.5, 0.6) is 0 Å². The zero-order chi connectivity index (χ0) is 26.2. The van der Waals surface area contributed by atoms with Gasteiger partial charge in [-0.3, -0.25) is 14.4 Å². The summed E-state index contributed by atoms with van der Waals surface area (Å²) in [5.74, 6) is -0.415. The van der Waals surface area contributed by atoms with Gasteiger partial charge in [0.25, 0.3) is 0 Å². The Hall–Kier alpha value is -3.15. The normalized spacial score (nSPS) is 22.1. The van der Waals surface area contributed by atoms with E-state index in [-0.39, 0.29) is 42.6 Å². The topological polar surface area (TPSA) is 99.3 Å². The van der Waals surface area contributed by atoms with Crippen molar-refractivity contribution in [2.45, 2.75) is 31.5 Å². The number of carbonyl (C=O) groups excluding carboxylic acids is 2. The van der Waals surface area contributed by atoms with Crippen LogP contribution in [0.2, 0.25) is 5.02 Å². The second-order valence-electron chi connectivity index (χ2n) is 9.31. The molecule has 3 fully saturated rings. The lowest BCUT2D eigenvalue weighted by Crippen LogP contribution is -2.55. The molecule has 1 N–H and O–H groups in total. The molecule has 2 unspecified atom stereocenters. The first-order valence-electron chi connectivity index (χ1n) is 11.9. The second kappa shape index (κ2) is 10.3. The van der Waals surface area contributed by atoms with Gasteiger partial charge < -0.3 is 9.64 Å². The number of carbonyl (C=O) groups is 2. The van der Waals surface area contributed by atoms with Crippen LogP contribution in [0.3, 0.4) is 0 Å². The van der Waals surface area contributed by atoms with Crippen LogP contribution in [0.25, 0.3) is 6.08 Å². The molecule has 0 spiro atoms. The number of piperazine rings is 1. The molecule has 3 saturated heterocycles. The van der Waals surface area contributed by atoms with Crippen molar-refractivity contribution in [1.29, 1.82) is 0 Å². The van der Waals surface area contributed by atoms with Gasteiger partial charge in [-0.25, -0.2) is 9.18 Å². The van der Waals surface area contributed by atoms with Crippen molar-refractivity contribution in [2.24, 2.45) is 0 Å². The van der Waals surface area contributed by atoms with Crippen LogP contribution in [0.15, 0.2) is 48.5 Å². The maximum Gasteiger partial charge on any atom is 0.425 e. The Morgan fingerprint density at radius 2 is 1.84 bits per heavy atom. The molecule has 2 amide bonds. The van der Waals surface area contributed by atoms with E-state index < -0.39 is 16.3 Å². The molecule has 2 aromatic rings. The van der Waals surface area contributed by atoms with Gasteiger partial charge in [-0.15, -0.1) is 0 Å². The first-order valence-corrected chi connectivity index (χ1v) is 13.8. The average Bonchev–Trinajstić information content (AvgIpc) is 3.40. The molecule has 37 heavy (non-hydrogen) atoms. The van der Waals surface area contributed by atoms with Crippen LogP contribution in [-0.2, 0) is 26.3 Å². The average molecular weight is 549 g/mol. The Morgan fingerprint density at radius 1 is 1.14 bits per heavy atom. The molecule has 196 valence electrons. The number of nitrogens with one attached hydrogen (secondary N) is 1. The van der Waals surface area contributed by atoms with Gasteiger partial charge in [-0.05, 0) is 54.3 Å². The monoisotopic (exact) mass is 548 g/mol. The highest BCUT2D eigenvalue weighted by molar-refractivity contribution is 7.90. The van der Waals surface area contributed by atoms with Crippen molar-refractivity contribution in [3.8, 4) is 0 Å². The number of likely N-dealkylation sites (tertiary alicyclic amines) is 1. The first kappa shape index (κ1) is 25.5. The number of ether oxygens (including phenoxy) is 1. The van der Waals surface area contributed by atoms with Gasteiger partial charge in [0.05, 0.1) is 12.2 Å². The van der Waals surface area contributed by atoms with Gasteiger partial charge >= 0.3 is 16.3 Å². The molecule has 9 nitrogen and oxygen atoms in total. The van der Waals surface area contributed by atoms with Gasteiger partial charge in [0.2, 0.25) is 5.91 Å². The molecule has 3 aliphatic rings. The lowest BCUT2D eigenvalue weighted by Gasteiger charge is -2.40. The summed E-state index contributed by atoms with van der Waals surface area (Å²) in [6.07, 6.45) is 3.84.